The maximum atomic E-state index is 14.0. The lowest BCUT2D eigenvalue weighted by Gasteiger charge is -2.35. The lowest BCUT2D eigenvalue weighted by atomic mass is 9.98. The van der Waals surface area contributed by atoms with Gasteiger partial charge in [0.25, 0.3) is 17.4 Å². The number of rotatable bonds is 7. The average Bonchev–Trinajstić information content (AvgIpc) is 3.47. The third-order valence-electron chi connectivity index (χ3n) is 6.96. The number of carbonyl (C=O) groups is 2. The molecule has 3 heterocycles. The molecule has 0 aliphatic carbocycles. The summed E-state index contributed by atoms with van der Waals surface area (Å²) in [5.41, 5.74) is 2.21. The van der Waals surface area contributed by atoms with Gasteiger partial charge >= 0.3 is 0 Å². The fourth-order valence-corrected chi connectivity index (χ4v) is 5.14. The predicted molar refractivity (Wildman–Crippen MR) is 156 cm³/mol. The Balaban J connectivity index is 1.54. The molecule has 2 aromatic carbocycles. The van der Waals surface area contributed by atoms with E-state index < -0.39 is 0 Å². The van der Waals surface area contributed by atoms with Crippen molar-refractivity contribution in [3.63, 3.8) is 0 Å². The molecule has 5 rings (SSSR count). The number of anilines is 1. The number of nitrogens with one attached hydrogen (secondary N) is 2. The Morgan fingerprint density at radius 1 is 1.10 bits per heavy atom. The van der Waals surface area contributed by atoms with Crippen molar-refractivity contribution < 1.29 is 9.59 Å². The number of hydrogen-bond acceptors (Lipinski definition) is 7. The first kappa shape index (κ1) is 28.3. The monoisotopic (exact) mass is 594 g/mol. The number of aromatic nitrogens is 5. The van der Waals surface area contributed by atoms with E-state index in [9.17, 15) is 14.4 Å². The van der Waals surface area contributed by atoms with E-state index in [1.165, 1.54) is 10.9 Å². The fraction of sp³-hybridized carbons (Fsp3) is 0.286. The molecular formula is C28H28Cl2N8O3. The van der Waals surface area contributed by atoms with Crippen LogP contribution in [-0.2, 0) is 19.5 Å². The van der Waals surface area contributed by atoms with Crippen LogP contribution in [0.1, 0.15) is 45.8 Å². The molecule has 212 valence electrons. The van der Waals surface area contributed by atoms with Crippen molar-refractivity contribution in [2.45, 2.75) is 45.4 Å². The van der Waals surface area contributed by atoms with Crippen molar-refractivity contribution in [1.82, 2.24) is 34.5 Å². The lowest BCUT2D eigenvalue weighted by Crippen LogP contribution is -2.46. The zero-order valence-corrected chi connectivity index (χ0v) is 24.1. The van der Waals surface area contributed by atoms with Crippen LogP contribution in [0.2, 0.25) is 10.0 Å². The Morgan fingerprint density at radius 3 is 2.49 bits per heavy atom. The maximum absolute atomic E-state index is 14.0. The number of halogens is 2. The number of hydrogen-bond donors (Lipinski definition) is 2. The molecule has 0 radical (unpaired) electrons. The van der Waals surface area contributed by atoms with Crippen molar-refractivity contribution in [3.05, 3.63) is 97.9 Å². The van der Waals surface area contributed by atoms with Crippen LogP contribution < -0.4 is 16.2 Å². The van der Waals surface area contributed by atoms with Gasteiger partial charge in [0.05, 0.1) is 34.5 Å². The van der Waals surface area contributed by atoms with Crippen molar-refractivity contribution in [1.29, 1.82) is 0 Å². The summed E-state index contributed by atoms with van der Waals surface area (Å²) < 4.78 is 3.18. The SMILES string of the molecule is CNC(=O)c1ccc(-n2c(NC(C)Cn3cncn3)nc3c(c2=O)C[C@@H](C)N(C(=O)c2ccc(Cl)c(Cl)c2)C3)cc1. The molecule has 2 N–H and O–H groups in total. The third kappa shape index (κ3) is 5.82. The molecule has 13 heteroatoms. The highest BCUT2D eigenvalue weighted by molar-refractivity contribution is 6.42. The highest BCUT2D eigenvalue weighted by Gasteiger charge is 2.32. The minimum Gasteiger partial charge on any atom is -0.355 e. The Morgan fingerprint density at radius 2 is 1.83 bits per heavy atom. The van der Waals surface area contributed by atoms with Gasteiger partial charge in [-0.05, 0) is 62.7 Å². The van der Waals surface area contributed by atoms with Gasteiger partial charge in [0.2, 0.25) is 5.95 Å². The normalized spacial score (nSPS) is 15.2. The summed E-state index contributed by atoms with van der Waals surface area (Å²) in [5, 5.41) is 10.7. The van der Waals surface area contributed by atoms with Crippen LogP contribution in [0.3, 0.4) is 0 Å². The van der Waals surface area contributed by atoms with E-state index in [1.54, 1.807) is 65.4 Å². The summed E-state index contributed by atoms with van der Waals surface area (Å²) in [7, 11) is 1.56. The second-order valence-corrected chi connectivity index (χ2v) is 10.7. The predicted octanol–water partition coefficient (Wildman–Crippen LogP) is 3.58. The Kier molecular flexibility index (Phi) is 8.09. The molecule has 41 heavy (non-hydrogen) atoms. The summed E-state index contributed by atoms with van der Waals surface area (Å²) in [6.45, 7) is 4.45. The topological polar surface area (TPSA) is 127 Å². The number of amides is 2. The van der Waals surface area contributed by atoms with Gasteiger partial charge in [-0.1, -0.05) is 23.2 Å². The van der Waals surface area contributed by atoms with Gasteiger partial charge in [-0.15, -0.1) is 0 Å². The molecule has 11 nitrogen and oxygen atoms in total. The summed E-state index contributed by atoms with van der Waals surface area (Å²) >= 11 is 12.2. The summed E-state index contributed by atoms with van der Waals surface area (Å²) in [6, 6.07) is 11.0. The van der Waals surface area contributed by atoms with Crippen LogP contribution in [0, 0.1) is 0 Å². The molecule has 1 aliphatic rings. The van der Waals surface area contributed by atoms with E-state index in [2.05, 4.69) is 20.7 Å². The van der Waals surface area contributed by atoms with Crippen molar-refractivity contribution >= 4 is 41.0 Å². The highest BCUT2D eigenvalue weighted by Crippen LogP contribution is 2.27. The summed E-state index contributed by atoms with van der Waals surface area (Å²) in [5.74, 6) is -0.148. The number of fused-ring (bicyclic) bond motifs is 1. The van der Waals surface area contributed by atoms with E-state index in [0.717, 1.165) is 0 Å². The minimum atomic E-state index is -0.270. The first-order chi connectivity index (χ1) is 19.7. The van der Waals surface area contributed by atoms with Gasteiger partial charge < -0.3 is 15.5 Å². The number of carbonyl (C=O) groups excluding carboxylic acids is 2. The van der Waals surface area contributed by atoms with Gasteiger partial charge in [-0.3, -0.25) is 19.1 Å². The van der Waals surface area contributed by atoms with E-state index >= 15 is 0 Å². The maximum Gasteiger partial charge on any atom is 0.263 e. The first-order valence-electron chi connectivity index (χ1n) is 13.0. The van der Waals surface area contributed by atoms with Crippen molar-refractivity contribution in [2.75, 3.05) is 12.4 Å². The molecule has 0 fully saturated rings. The van der Waals surface area contributed by atoms with Gasteiger partial charge in [-0.2, -0.15) is 5.10 Å². The van der Waals surface area contributed by atoms with Crippen LogP contribution in [0.4, 0.5) is 5.95 Å². The zero-order valence-electron chi connectivity index (χ0n) is 22.6. The quantitative estimate of drug-likeness (QED) is 0.335. The Hall–Kier alpha value is -4.22. The molecule has 0 bridgehead atoms. The molecular weight excluding hydrogens is 567 g/mol. The largest absolute Gasteiger partial charge is 0.355 e. The average molecular weight is 595 g/mol. The minimum absolute atomic E-state index is 0.146. The van der Waals surface area contributed by atoms with Gasteiger partial charge in [0.1, 0.15) is 12.7 Å². The smallest absolute Gasteiger partial charge is 0.263 e. The van der Waals surface area contributed by atoms with E-state index in [0.29, 0.717) is 57.0 Å². The highest BCUT2D eigenvalue weighted by atomic mass is 35.5. The molecule has 2 amide bonds. The van der Waals surface area contributed by atoms with E-state index in [-0.39, 0.29) is 36.0 Å². The number of nitrogens with zero attached hydrogens (tertiary/aromatic N) is 6. The van der Waals surface area contributed by atoms with Crippen molar-refractivity contribution in [3.8, 4) is 5.69 Å². The molecule has 4 aromatic rings. The van der Waals surface area contributed by atoms with Crippen LogP contribution >= 0.6 is 23.2 Å². The molecule has 2 aromatic heterocycles. The van der Waals surface area contributed by atoms with Crippen molar-refractivity contribution in [2.24, 2.45) is 0 Å². The van der Waals surface area contributed by atoms with E-state index in [4.69, 9.17) is 28.2 Å². The summed E-state index contributed by atoms with van der Waals surface area (Å²) in [6.07, 6.45) is 3.38. The van der Waals surface area contributed by atoms with Crippen LogP contribution in [0.25, 0.3) is 5.69 Å². The van der Waals surface area contributed by atoms with Crippen LogP contribution in [-0.4, -0.2) is 60.2 Å². The number of benzene rings is 2. The molecule has 2 atom stereocenters. The van der Waals surface area contributed by atoms with Crippen LogP contribution in [0.15, 0.2) is 59.9 Å². The standard InChI is InChI=1S/C28H28Cl2N8O3/c1-16(12-36-15-32-14-33-36)34-28-35-24-13-37(26(40)19-6-9-22(29)23(30)11-19)17(2)10-21(24)27(41)38(28)20-7-4-18(5-8-20)25(39)31-3/h4-9,11,14-17H,10,12-13H2,1-3H3,(H,31,39)(H,34,35)/t16?,17-/m1/s1. The van der Waals surface area contributed by atoms with E-state index in [1.807, 2.05) is 13.8 Å². The Bertz CT molecular complexity index is 1650. The second kappa shape index (κ2) is 11.7. The zero-order chi connectivity index (χ0) is 29.3. The molecule has 0 spiro atoms. The Labute approximate surface area is 246 Å². The van der Waals surface area contributed by atoms with Gasteiger partial charge in [-0.25, -0.2) is 14.5 Å². The summed E-state index contributed by atoms with van der Waals surface area (Å²) in [4.78, 5) is 50.1. The van der Waals surface area contributed by atoms with Gasteiger partial charge in [0.15, 0.2) is 0 Å². The molecule has 0 saturated heterocycles. The van der Waals surface area contributed by atoms with Gasteiger partial charge in [0, 0.05) is 35.8 Å². The second-order valence-electron chi connectivity index (χ2n) is 9.91. The fourth-order valence-electron chi connectivity index (χ4n) is 4.84. The molecule has 1 aliphatic heterocycles. The first-order valence-corrected chi connectivity index (χ1v) is 13.7. The lowest BCUT2D eigenvalue weighted by molar-refractivity contribution is 0.0653. The third-order valence-corrected chi connectivity index (χ3v) is 7.70. The molecule has 0 saturated carbocycles. The molecule has 1 unspecified atom stereocenters. The van der Waals surface area contributed by atoms with Crippen LogP contribution in [0.5, 0.6) is 0 Å².